The number of amides is 1. The summed E-state index contributed by atoms with van der Waals surface area (Å²) in [7, 11) is -2.30. The number of nitrogens with zero attached hydrogens (tertiary/aromatic N) is 3. The van der Waals surface area contributed by atoms with E-state index in [9.17, 15) is 23.3 Å². The summed E-state index contributed by atoms with van der Waals surface area (Å²) in [5, 5.41) is 11.3. The SMILES string of the molecule is CN(Cc1ccccc1[N+](=O)[O-])C(=O)c1ccc(Cl)c(S(=O)(=O)N2CCCCC2)c1. The van der Waals surface area contributed by atoms with Crippen LogP contribution in [0.4, 0.5) is 5.69 Å². The van der Waals surface area contributed by atoms with Crippen LogP contribution in [0.3, 0.4) is 0 Å². The summed E-state index contributed by atoms with van der Waals surface area (Å²) >= 11 is 6.16. The molecule has 0 N–H and O–H groups in total. The number of rotatable bonds is 6. The molecule has 1 saturated heterocycles. The molecule has 160 valence electrons. The van der Waals surface area contributed by atoms with Crippen molar-refractivity contribution in [2.45, 2.75) is 30.7 Å². The Hall–Kier alpha value is -2.49. The van der Waals surface area contributed by atoms with Crippen molar-refractivity contribution in [1.29, 1.82) is 0 Å². The number of benzene rings is 2. The Bertz CT molecular complexity index is 1070. The highest BCUT2D eigenvalue weighted by atomic mass is 35.5. The van der Waals surface area contributed by atoms with E-state index < -0.39 is 20.9 Å². The van der Waals surface area contributed by atoms with Crippen LogP contribution in [0.2, 0.25) is 5.02 Å². The first-order chi connectivity index (χ1) is 14.2. The van der Waals surface area contributed by atoms with Crippen LogP contribution in [0.15, 0.2) is 47.4 Å². The molecule has 0 saturated carbocycles. The molecule has 0 bridgehead atoms. The second kappa shape index (κ2) is 9.11. The highest BCUT2D eigenvalue weighted by Crippen LogP contribution is 2.28. The monoisotopic (exact) mass is 451 g/mol. The molecule has 2 aromatic rings. The van der Waals surface area contributed by atoms with Gasteiger partial charge in [0.1, 0.15) is 4.90 Å². The zero-order valence-electron chi connectivity index (χ0n) is 16.5. The molecule has 2 aromatic carbocycles. The molecule has 1 aliphatic rings. The molecular weight excluding hydrogens is 430 g/mol. The molecule has 1 aliphatic heterocycles. The number of hydrogen-bond donors (Lipinski definition) is 0. The van der Waals surface area contributed by atoms with Gasteiger partial charge in [-0.1, -0.05) is 36.2 Å². The van der Waals surface area contributed by atoms with Crippen molar-refractivity contribution in [3.8, 4) is 0 Å². The maximum absolute atomic E-state index is 13.0. The van der Waals surface area contributed by atoms with E-state index >= 15 is 0 Å². The van der Waals surface area contributed by atoms with Gasteiger partial charge in [0.05, 0.1) is 16.5 Å². The van der Waals surface area contributed by atoms with Crippen LogP contribution < -0.4 is 0 Å². The quantitative estimate of drug-likeness (QED) is 0.492. The number of nitro groups is 1. The van der Waals surface area contributed by atoms with E-state index in [2.05, 4.69) is 0 Å². The van der Waals surface area contributed by atoms with Gasteiger partial charge >= 0.3 is 0 Å². The highest BCUT2D eigenvalue weighted by molar-refractivity contribution is 7.89. The van der Waals surface area contributed by atoms with Crippen molar-refractivity contribution in [1.82, 2.24) is 9.21 Å². The summed E-state index contributed by atoms with van der Waals surface area (Å²) < 4.78 is 27.4. The summed E-state index contributed by atoms with van der Waals surface area (Å²) in [4.78, 5) is 24.8. The summed E-state index contributed by atoms with van der Waals surface area (Å²) in [5.74, 6) is -0.458. The Morgan fingerprint density at radius 1 is 1.17 bits per heavy atom. The Morgan fingerprint density at radius 2 is 1.83 bits per heavy atom. The molecule has 0 radical (unpaired) electrons. The minimum Gasteiger partial charge on any atom is -0.337 e. The lowest BCUT2D eigenvalue weighted by Crippen LogP contribution is -2.36. The van der Waals surface area contributed by atoms with Crippen molar-refractivity contribution in [3.63, 3.8) is 0 Å². The molecule has 30 heavy (non-hydrogen) atoms. The van der Waals surface area contributed by atoms with E-state index in [-0.39, 0.29) is 27.7 Å². The largest absolute Gasteiger partial charge is 0.337 e. The summed E-state index contributed by atoms with van der Waals surface area (Å²) in [6.45, 7) is 0.857. The van der Waals surface area contributed by atoms with E-state index in [4.69, 9.17) is 11.6 Å². The van der Waals surface area contributed by atoms with E-state index in [0.29, 0.717) is 18.7 Å². The summed E-state index contributed by atoms with van der Waals surface area (Å²) in [6.07, 6.45) is 2.55. The maximum Gasteiger partial charge on any atom is 0.274 e. The molecule has 0 atom stereocenters. The molecule has 0 aromatic heterocycles. The van der Waals surface area contributed by atoms with Crippen molar-refractivity contribution < 1.29 is 18.1 Å². The smallest absolute Gasteiger partial charge is 0.274 e. The van der Waals surface area contributed by atoms with Crippen molar-refractivity contribution >= 4 is 33.2 Å². The Balaban J connectivity index is 1.87. The van der Waals surface area contributed by atoms with Gasteiger partial charge in [0.15, 0.2) is 0 Å². The van der Waals surface area contributed by atoms with Crippen molar-refractivity contribution in [2.75, 3.05) is 20.1 Å². The fourth-order valence-electron chi connectivity index (χ4n) is 3.45. The van der Waals surface area contributed by atoms with Crippen molar-refractivity contribution in [3.05, 3.63) is 68.7 Å². The number of piperidine rings is 1. The number of carbonyl (C=O) groups excluding carboxylic acids is 1. The summed E-state index contributed by atoms with van der Waals surface area (Å²) in [5.41, 5.74) is 0.450. The molecule has 1 heterocycles. The Morgan fingerprint density at radius 3 is 2.50 bits per heavy atom. The second-order valence-electron chi connectivity index (χ2n) is 7.16. The zero-order valence-corrected chi connectivity index (χ0v) is 18.0. The van der Waals surface area contributed by atoms with Gasteiger partial charge in [-0.05, 0) is 31.0 Å². The van der Waals surface area contributed by atoms with Crippen LogP contribution in [-0.4, -0.2) is 48.6 Å². The minimum absolute atomic E-state index is 0.00677. The van der Waals surface area contributed by atoms with Crippen LogP contribution in [0.25, 0.3) is 0 Å². The number of para-hydroxylation sites is 1. The number of carbonyl (C=O) groups is 1. The number of hydrogen-bond acceptors (Lipinski definition) is 5. The number of halogens is 1. The first-order valence-corrected chi connectivity index (χ1v) is 11.3. The van der Waals surface area contributed by atoms with Crippen LogP contribution in [0.5, 0.6) is 0 Å². The predicted octanol–water partition coefficient (Wildman–Crippen LogP) is 3.70. The molecule has 0 spiro atoms. The van der Waals surface area contributed by atoms with Gasteiger partial charge in [-0.3, -0.25) is 14.9 Å². The minimum atomic E-state index is -3.81. The zero-order chi connectivity index (χ0) is 21.9. The average molecular weight is 452 g/mol. The first-order valence-electron chi connectivity index (χ1n) is 9.49. The Labute approximate surface area is 180 Å². The molecular formula is C20H22ClN3O5S. The maximum atomic E-state index is 13.0. The molecule has 3 rings (SSSR count). The fraction of sp³-hybridized carbons (Fsp3) is 0.350. The topological polar surface area (TPSA) is 101 Å². The average Bonchev–Trinajstić information content (AvgIpc) is 2.74. The molecule has 0 aliphatic carbocycles. The molecule has 8 nitrogen and oxygen atoms in total. The normalized spacial score (nSPS) is 15.0. The standard InChI is InChI=1S/C20H22ClN3O5S/c1-22(14-16-7-3-4-8-18(16)24(26)27)20(25)15-9-10-17(21)19(13-15)30(28,29)23-11-5-2-6-12-23/h3-4,7-10,13H,2,5-6,11-12,14H2,1H3. The molecule has 1 fully saturated rings. The third-order valence-corrected chi connectivity index (χ3v) is 7.43. The van der Waals surface area contributed by atoms with Crippen LogP contribution in [0.1, 0.15) is 35.2 Å². The predicted molar refractivity (Wildman–Crippen MR) is 113 cm³/mol. The highest BCUT2D eigenvalue weighted by Gasteiger charge is 2.29. The van der Waals surface area contributed by atoms with Crippen molar-refractivity contribution in [2.24, 2.45) is 0 Å². The van der Waals surface area contributed by atoms with E-state index in [1.807, 2.05) is 0 Å². The van der Waals surface area contributed by atoms with Crippen LogP contribution in [-0.2, 0) is 16.6 Å². The van der Waals surface area contributed by atoms with Gasteiger partial charge in [-0.25, -0.2) is 8.42 Å². The third-order valence-electron chi connectivity index (χ3n) is 5.05. The third kappa shape index (κ3) is 4.63. The van der Waals surface area contributed by atoms with Gasteiger partial charge in [-0.2, -0.15) is 4.31 Å². The number of nitro benzene ring substituents is 1. The van der Waals surface area contributed by atoms with Gasteiger partial charge in [0.2, 0.25) is 10.0 Å². The van der Waals surface area contributed by atoms with E-state index in [1.165, 1.54) is 40.5 Å². The number of sulfonamides is 1. The van der Waals surface area contributed by atoms with Gasteiger partial charge in [0, 0.05) is 37.3 Å². The molecule has 0 unspecified atom stereocenters. The van der Waals surface area contributed by atoms with Gasteiger partial charge in [0.25, 0.3) is 11.6 Å². The lowest BCUT2D eigenvalue weighted by molar-refractivity contribution is -0.385. The fourth-order valence-corrected chi connectivity index (χ4v) is 5.47. The van der Waals surface area contributed by atoms with Crippen LogP contribution >= 0.6 is 11.6 Å². The van der Waals surface area contributed by atoms with Crippen LogP contribution in [0, 0.1) is 10.1 Å². The lowest BCUT2D eigenvalue weighted by atomic mass is 10.1. The van der Waals surface area contributed by atoms with Gasteiger partial charge < -0.3 is 4.90 Å². The summed E-state index contributed by atoms with van der Waals surface area (Å²) in [6, 6.07) is 10.3. The first kappa shape index (κ1) is 22.2. The molecule has 1 amide bonds. The lowest BCUT2D eigenvalue weighted by Gasteiger charge is -2.26. The van der Waals surface area contributed by atoms with Gasteiger partial charge in [-0.15, -0.1) is 0 Å². The van der Waals surface area contributed by atoms with E-state index in [0.717, 1.165) is 19.3 Å². The second-order valence-corrected chi connectivity index (χ2v) is 9.47. The van der Waals surface area contributed by atoms with E-state index in [1.54, 1.807) is 18.2 Å². The molecule has 10 heteroatoms. The Kier molecular flexibility index (Phi) is 6.74.